The van der Waals surface area contributed by atoms with E-state index in [-0.39, 0.29) is 79.1 Å². The first-order valence-electron chi connectivity index (χ1n) is 39.5. The summed E-state index contributed by atoms with van der Waals surface area (Å²) in [5.74, 6) is -0.368. The molecule has 117 heavy (non-hydrogen) atoms. The molecule has 8 rings (SSSR count). The molecule has 0 atom stereocenters. The van der Waals surface area contributed by atoms with Crippen molar-refractivity contribution in [3.05, 3.63) is 211 Å². The molecule has 0 spiro atoms. The predicted molar refractivity (Wildman–Crippen MR) is 455 cm³/mol. The Morgan fingerprint density at radius 1 is 0.359 bits per heavy atom. The van der Waals surface area contributed by atoms with Gasteiger partial charge in [0.1, 0.15) is 69.3 Å². The van der Waals surface area contributed by atoms with Crippen molar-refractivity contribution in [1.29, 1.82) is 21.0 Å². The van der Waals surface area contributed by atoms with Gasteiger partial charge in [0, 0.05) is 45.9 Å². The molecule has 0 radical (unpaired) electrons. The fourth-order valence-corrected chi connectivity index (χ4v) is 11.7. The molecule has 0 amide bonds. The van der Waals surface area contributed by atoms with Crippen molar-refractivity contribution in [1.82, 2.24) is 39.1 Å². The standard InChI is InChI=1S/2C24H31N3O3.C23H29N3O3.C22H27N3O3/c1-8-27-21(13-17(4)26-27)22(29-15-30-23(28)16(2)3)20(14-25)18-9-11-19(12-10-18)24(5,6)7;1-7-9-22(28)29-16-30-23(21-14-17(3)26-27(21)8-2)20(15-25)18-10-12-19(13-11-18)24(4,5)6;1-7-21(27)28-15-29-22(20-13-16(3)25-26(20)8-2)19(14-24)17-9-11-18(12-10-17)23(4,5)6;1-7-25-20(12-15(2)24-25)21(28-14-27-16(3)26)19(13-23)17-8-10-18(11-9-17)22(4,5)6/h9-13,16H,8,15H2,1-7H3;10-14H,7-9,16H2,1-6H3;9-13H,7-8,15H2,1-6H3;8-12H,7,14H2,1-6H3/b22-20-;23-20-;22-19-;21-19-. The van der Waals surface area contributed by atoms with Gasteiger partial charge in [-0.3, -0.25) is 37.9 Å². The lowest BCUT2D eigenvalue weighted by Crippen LogP contribution is -2.15. The van der Waals surface area contributed by atoms with Crippen LogP contribution < -0.4 is 0 Å². The Balaban J connectivity index is 0.000000278. The third-order valence-electron chi connectivity index (χ3n) is 18.2. The zero-order valence-corrected chi connectivity index (χ0v) is 73.2. The topological polar surface area (TPSA) is 309 Å². The third-order valence-corrected chi connectivity index (χ3v) is 18.2. The van der Waals surface area contributed by atoms with E-state index in [9.17, 15) is 40.2 Å². The average Bonchev–Trinajstić information content (AvgIpc) is 1.76. The second kappa shape index (κ2) is 44.0. The maximum Gasteiger partial charge on any atom is 0.311 e. The van der Waals surface area contributed by atoms with Crippen LogP contribution in [0.25, 0.3) is 45.3 Å². The number of hydrogen-bond acceptors (Lipinski definition) is 20. The normalized spacial score (nSPS) is 12.2. The van der Waals surface area contributed by atoms with E-state index in [1.54, 1.807) is 39.5 Å². The summed E-state index contributed by atoms with van der Waals surface area (Å²) in [7, 11) is 0. The average molecular weight is 1600 g/mol. The second-order valence-electron chi connectivity index (χ2n) is 32.0. The van der Waals surface area contributed by atoms with Gasteiger partial charge in [-0.05, 0) is 152 Å². The molecule has 0 aliphatic heterocycles. The first-order valence-corrected chi connectivity index (χ1v) is 39.5. The minimum Gasteiger partial charge on any atom is -0.454 e. The minimum atomic E-state index is -0.451. The van der Waals surface area contributed by atoms with Gasteiger partial charge in [0.25, 0.3) is 0 Å². The van der Waals surface area contributed by atoms with Gasteiger partial charge in [-0.25, -0.2) is 0 Å². The number of carbonyl (C=O) groups excluding carboxylic acids is 4. The van der Waals surface area contributed by atoms with E-state index in [0.717, 1.165) is 45.0 Å². The van der Waals surface area contributed by atoms with E-state index in [1.807, 2.05) is 184 Å². The molecule has 0 unspecified atom stereocenters. The Bertz CT molecular complexity index is 4990. The molecule has 0 saturated carbocycles. The fraction of sp³-hybridized carbons (Fsp3) is 0.441. The highest BCUT2D eigenvalue weighted by molar-refractivity contribution is 5.97. The third kappa shape index (κ3) is 27.7. The Kier molecular flexibility index (Phi) is 35.8. The van der Waals surface area contributed by atoms with Crippen molar-refractivity contribution in [2.45, 2.75) is 240 Å². The number of carbonyl (C=O) groups is 4. The zero-order chi connectivity index (χ0) is 87.3. The van der Waals surface area contributed by atoms with Gasteiger partial charge in [0.15, 0.2) is 23.0 Å². The number of aryl methyl sites for hydroxylation is 8. The fourth-order valence-electron chi connectivity index (χ4n) is 11.7. The molecule has 0 aliphatic rings. The summed E-state index contributed by atoms with van der Waals surface area (Å²) < 4.78 is 50.8. The van der Waals surface area contributed by atoms with Crippen LogP contribution in [0.4, 0.5) is 0 Å². The lowest BCUT2D eigenvalue weighted by Gasteiger charge is -2.19. The number of esters is 4. The lowest BCUT2D eigenvalue weighted by atomic mass is 9.86. The first-order chi connectivity index (χ1) is 55.2. The molecule has 0 N–H and O–H groups in total. The molecule has 0 fully saturated rings. The van der Waals surface area contributed by atoms with Gasteiger partial charge in [-0.15, -0.1) is 0 Å². The number of ether oxygens (including phenoxy) is 8. The van der Waals surface area contributed by atoms with Crippen LogP contribution in [-0.2, 0) is 105 Å². The van der Waals surface area contributed by atoms with E-state index < -0.39 is 5.97 Å². The van der Waals surface area contributed by atoms with E-state index in [0.29, 0.717) is 107 Å². The highest BCUT2D eigenvalue weighted by Gasteiger charge is 2.27. The number of nitriles is 4. The van der Waals surface area contributed by atoms with Crippen LogP contribution in [0.2, 0.25) is 0 Å². The highest BCUT2D eigenvalue weighted by Crippen LogP contribution is 2.36. The summed E-state index contributed by atoms with van der Waals surface area (Å²) in [5.41, 5.74) is 15.1. The molecule has 0 bridgehead atoms. The summed E-state index contributed by atoms with van der Waals surface area (Å²) in [6.07, 6.45) is 1.29. The molecule has 8 aromatic rings. The lowest BCUT2D eigenvalue weighted by molar-refractivity contribution is -0.155. The number of hydrogen-bond donors (Lipinski definition) is 0. The van der Waals surface area contributed by atoms with Crippen molar-refractivity contribution in [2.24, 2.45) is 5.92 Å². The van der Waals surface area contributed by atoms with Gasteiger partial charge in [0.2, 0.25) is 27.2 Å². The van der Waals surface area contributed by atoms with Gasteiger partial charge < -0.3 is 37.9 Å². The first kappa shape index (κ1) is 95.3. The smallest absolute Gasteiger partial charge is 0.311 e. The van der Waals surface area contributed by atoms with Crippen LogP contribution in [-0.4, -0.2) is 90.2 Å². The van der Waals surface area contributed by atoms with Gasteiger partial charge in [-0.1, -0.05) is 208 Å². The molecule has 0 saturated heterocycles. The second-order valence-corrected chi connectivity index (χ2v) is 32.0. The number of rotatable bonds is 28. The monoisotopic (exact) mass is 1590 g/mol. The van der Waals surface area contributed by atoms with Crippen LogP contribution >= 0.6 is 0 Å². The molecule has 4 aromatic heterocycles. The summed E-state index contributed by atoms with van der Waals surface area (Å²) >= 11 is 0. The van der Waals surface area contributed by atoms with Gasteiger partial charge in [0.05, 0.1) is 28.7 Å². The van der Waals surface area contributed by atoms with Crippen LogP contribution in [0.5, 0.6) is 0 Å². The Morgan fingerprint density at radius 2 is 0.590 bits per heavy atom. The van der Waals surface area contributed by atoms with Gasteiger partial charge in [-0.2, -0.15) is 41.4 Å². The summed E-state index contributed by atoms with van der Waals surface area (Å²) in [5, 5.41) is 57.6. The molecule has 0 aliphatic carbocycles. The molecule has 24 heteroatoms. The summed E-state index contributed by atoms with van der Waals surface area (Å²) in [6, 6.07) is 48.0. The molecule has 622 valence electrons. The molecular formula is C93H118N12O12. The van der Waals surface area contributed by atoms with Crippen molar-refractivity contribution < 1.29 is 57.1 Å². The van der Waals surface area contributed by atoms with Crippen LogP contribution in [0.1, 0.15) is 255 Å². The Labute approximate surface area is 691 Å². The number of benzene rings is 4. The van der Waals surface area contributed by atoms with Gasteiger partial charge >= 0.3 is 23.9 Å². The van der Waals surface area contributed by atoms with E-state index in [4.69, 9.17) is 37.9 Å². The molecule has 4 aromatic carbocycles. The number of aromatic nitrogens is 8. The Hall–Kier alpha value is -12.3. The quantitative estimate of drug-likeness (QED) is 0.0145. The van der Waals surface area contributed by atoms with Crippen molar-refractivity contribution in [3.63, 3.8) is 0 Å². The maximum absolute atomic E-state index is 11.8. The van der Waals surface area contributed by atoms with Crippen molar-refractivity contribution >= 4 is 69.2 Å². The maximum atomic E-state index is 11.8. The molecular weight excluding hydrogens is 1480 g/mol. The number of nitrogens with zero attached hydrogens (tertiary/aromatic N) is 12. The number of allylic oxidation sites excluding steroid dienone is 4. The van der Waals surface area contributed by atoms with E-state index >= 15 is 0 Å². The molecule has 24 nitrogen and oxygen atoms in total. The largest absolute Gasteiger partial charge is 0.454 e. The van der Waals surface area contributed by atoms with Crippen molar-refractivity contribution in [2.75, 3.05) is 27.2 Å². The van der Waals surface area contributed by atoms with Crippen molar-refractivity contribution in [3.8, 4) is 24.3 Å². The molecule has 4 heterocycles. The summed E-state index contributed by atoms with van der Waals surface area (Å²) in [6.45, 7) is 50.9. The minimum absolute atomic E-state index is 0.0113. The predicted octanol–water partition coefficient (Wildman–Crippen LogP) is 19.6. The Morgan fingerprint density at radius 3 is 0.786 bits per heavy atom. The highest BCUT2D eigenvalue weighted by atomic mass is 16.7. The van der Waals surface area contributed by atoms with Crippen LogP contribution in [0, 0.1) is 78.9 Å². The summed E-state index contributed by atoms with van der Waals surface area (Å²) in [4.78, 5) is 46.2. The van der Waals surface area contributed by atoms with Crippen LogP contribution in [0.15, 0.2) is 121 Å². The SMILES string of the molecule is CCC(=O)OCO/C(=C(/C#N)c1ccc(C(C)(C)C)cc1)c1cc(C)nn1CC.CCCC(=O)OCO/C(=C(/C#N)c1ccc(C(C)(C)C)cc1)c1cc(C)nn1CC.CCn1nc(C)cc1/C(OCOC(=O)C(C)C)=C(\C#N)c1ccc(C(C)(C)C)cc1.CCn1nc(C)cc1/C(OCOC(C)=O)=C(\C#N)c1ccc(C(C)(C)C)cc1. The zero-order valence-electron chi connectivity index (χ0n) is 73.2. The van der Waals surface area contributed by atoms with E-state index in [2.05, 4.69) is 128 Å². The van der Waals surface area contributed by atoms with E-state index in [1.165, 1.54) is 29.2 Å². The van der Waals surface area contributed by atoms with Crippen LogP contribution in [0.3, 0.4) is 0 Å².